The number of rotatable bonds is 5. The smallest absolute Gasteiger partial charge is 0.265 e. The first kappa shape index (κ1) is 19.1. The number of para-hydroxylation sites is 1. The van der Waals surface area contributed by atoms with Crippen molar-refractivity contribution < 1.29 is 9.59 Å². The van der Waals surface area contributed by atoms with Crippen LogP contribution < -0.4 is 5.32 Å². The van der Waals surface area contributed by atoms with Gasteiger partial charge in [-0.1, -0.05) is 55.5 Å². The van der Waals surface area contributed by atoms with Crippen molar-refractivity contribution in [2.45, 2.75) is 26.4 Å². The van der Waals surface area contributed by atoms with Gasteiger partial charge in [-0.25, -0.2) is 0 Å². The van der Waals surface area contributed by atoms with Gasteiger partial charge in [0.25, 0.3) is 11.8 Å². The fourth-order valence-corrected chi connectivity index (χ4v) is 3.82. The van der Waals surface area contributed by atoms with E-state index in [2.05, 4.69) is 16.8 Å². The van der Waals surface area contributed by atoms with Crippen molar-refractivity contribution in [3.63, 3.8) is 0 Å². The molecule has 0 saturated carbocycles. The number of thiocarbonyl (C=S) groups is 1. The minimum atomic E-state index is -0.461. The van der Waals surface area contributed by atoms with Gasteiger partial charge in [0.2, 0.25) is 0 Å². The summed E-state index contributed by atoms with van der Waals surface area (Å²) in [6.07, 6.45) is 4.66. The molecule has 2 heterocycles. The van der Waals surface area contributed by atoms with Crippen LogP contribution in [-0.2, 0) is 22.7 Å². The molecule has 1 saturated heterocycles. The van der Waals surface area contributed by atoms with Crippen LogP contribution in [-0.4, -0.2) is 26.4 Å². The van der Waals surface area contributed by atoms with Gasteiger partial charge in [-0.05, 0) is 36.3 Å². The molecule has 0 spiro atoms. The lowest BCUT2D eigenvalue weighted by Crippen LogP contribution is -2.53. The maximum atomic E-state index is 13.1. The molecule has 3 aromatic rings. The van der Waals surface area contributed by atoms with Crippen LogP contribution in [0.3, 0.4) is 0 Å². The van der Waals surface area contributed by atoms with Crippen LogP contribution in [0, 0.1) is 0 Å². The lowest BCUT2D eigenvalue weighted by Gasteiger charge is -2.29. The Morgan fingerprint density at radius 1 is 1.03 bits per heavy atom. The highest BCUT2D eigenvalue weighted by molar-refractivity contribution is 7.80. The van der Waals surface area contributed by atoms with Crippen molar-refractivity contribution in [2.75, 3.05) is 0 Å². The summed E-state index contributed by atoms with van der Waals surface area (Å²) in [5, 5.41) is 3.80. The van der Waals surface area contributed by atoms with Gasteiger partial charge < -0.3 is 4.57 Å². The van der Waals surface area contributed by atoms with Gasteiger partial charge >= 0.3 is 0 Å². The second-order valence-electron chi connectivity index (χ2n) is 6.99. The lowest BCUT2D eigenvalue weighted by molar-refractivity contribution is -0.129. The lowest BCUT2D eigenvalue weighted by atomic mass is 10.1. The van der Waals surface area contributed by atoms with Gasteiger partial charge in [0.1, 0.15) is 5.57 Å². The van der Waals surface area contributed by atoms with E-state index in [1.807, 2.05) is 60.8 Å². The fraction of sp³-hybridized carbons (Fsp3) is 0.174. The Morgan fingerprint density at radius 3 is 2.52 bits per heavy atom. The minimum Gasteiger partial charge on any atom is -0.347 e. The summed E-state index contributed by atoms with van der Waals surface area (Å²) in [6, 6.07) is 17.6. The van der Waals surface area contributed by atoms with E-state index in [9.17, 15) is 9.59 Å². The Morgan fingerprint density at radius 2 is 1.76 bits per heavy atom. The van der Waals surface area contributed by atoms with Gasteiger partial charge in [0.15, 0.2) is 5.11 Å². The number of hydrogen-bond donors (Lipinski definition) is 1. The summed E-state index contributed by atoms with van der Waals surface area (Å²) < 4.78 is 2.15. The van der Waals surface area contributed by atoms with Crippen molar-refractivity contribution in [3.05, 3.63) is 77.5 Å². The summed E-state index contributed by atoms with van der Waals surface area (Å²) in [6.45, 7) is 3.30. The van der Waals surface area contributed by atoms with Crippen molar-refractivity contribution in [3.8, 4) is 0 Å². The van der Waals surface area contributed by atoms with Crippen LogP contribution in [0.1, 0.15) is 24.5 Å². The SMILES string of the molecule is CCCn1cc(/C=C2\C(=O)NC(=S)N(Cc3ccccc3)C2=O)c2ccccc21. The number of amides is 2. The van der Waals surface area contributed by atoms with Gasteiger partial charge in [0, 0.05) is 29.2 Å². The zero-order valence-electron chi connectivity index (χ0n) is 16.1. The number of nitrogens with zero attached hydrogens (tertiary/aromatic N) is 2. The van der Waals surface area contributed by atoms with Crippen LogP contribution in [0.5, 0.6) is 0 Å². The maximum Gasteiger partial charge on any atom is 0.265 e. The monoisotopic (exact) mass is 403 g/mol. The molecule has 0 atom stereocenters. The van der Waals surface area contributed by atoms with E-state index in [-0.39, 0.29) is 16.6 Å². The van der Waals surface area contributed by atoms with E-state index in [0.717, 1.165) is 35.0 Å². The van der Waals surface area contributed by atoms with E-state index in [1.165, 1.54) is 4.90 Å². The molecular formula is C23H21N3O2S. The van der Waals surface area contributed by atoms with Crippen LogP contribution >= 0.6 is 12.2 Å². The molecule has 5 nitrogen and oxygen atoms in total. The topological polar surface area (TPSA) is 54.3 Å². The van der Waals surface area contributed by atoms with E-state index >= 15 is 0 Å². The van der Waals surface area contributed by atoms with E-state index < -0.39 is 5.91 Å². The number of aryl methyl sites for hydroxylation is 1. The van der Waals surface area contributed by atoms with Gasteiger partial charge in [-0.3, -0.25) is 19.8 Å². The van der Waals surface area contributed by atoms with Crippen LogP contribution in [0.4, 0.5) is 0 Å². The molecule has 4 rings (SSSR count). The van der Waals surface area contributed by atoms with Crippen LogP contribution in [0.25, 0.3) is 17.0 Å². The molecule has 1 aliphatic rings. The standard InChI is InChI=1S/C23H21N3O2S/c1-2-12-25-15-17(18-10-6-7-11-20(18)25)13-19-21(27)24-23(29)26(22(19)28)14-16-8-4-3-5-9-16/h3-11,13,15H,2,12,14H2,1H3,(H,24,27,29)/b19-13+. The van der Waals surface area contributed by atoms with Crippen LogP contribution in [0.15, 0.2) is 66.4 Å². The summed E-state index contributed by atoms with van der Waals surface area (Å²) >= 11 is 5.26. The third-order valence-corrected chi connectivity index (χ3v) is 5.28. The second-order valence-corrected chi connectivity index (χ2v) is 7.38. The summed E-state index contributed by atoms with van der Waals surface area (Å²) in [5.41, 5.74) is 2.97. The normalized spacial score (nSPS) is 16.0. The quantitative estimate of drug-likeness (QED) is 0.400. The van der Waals surface area contributed by atoms with Gasteiger partial charge in [-0.2, -0.15) is 0 Å². The minimum absolute atomic E-state index is 0.0916. The molecular weight excluding hydrogens is 382 g/mol. The maximum absolute atomic E-state index is 13.1. The number of nitrogens with one attached hydrogen (secondary N) is 1. The molecule has 1 N–H and O–H groups in total. The molecule has 0 aliphatic carbocycles. The molecule has 0 unspecified atom stereocenters. The molecule has 2 amide bonds. The molecule has 146 valence electrons. The van der Waals surface area contributed by atoms with Crippen LogP contribution in [0.2, 0.25) is 0 Å². The van der Waals surface area contributed by atoms with Gasteiger partial charge in [-0.15, -0.1) is 0 Å². The first-order chi connectivity index (χ1) is 14.1. The van der Waals surface area contributed by atoms with Gasteiger partial charge in [0.05, 0.1) is 6.54 Å². The Kier molecular flexibility index (Phi) is 5.27. The first-order valence-electron chi connectivity index (χ1n) is 9.59. The highest BCUT2D eigenvalue weighted by Crippen LogP contribution is 2.25. The number of carbonyl (C=O) groups is 2. The molecule has 1 aromatic heterocycles. The summed E-state index contributed by atoms with van der Waals surface area (Å²) in [5.74, 6) is -0.841. The zero-order chi connectivity index (χ0) is 20.4. The van der Waals surface area contributed by atoms with E-state index in [0.29, 0.717) is 6.54 Å². The molecule has 0 bridgehead atoms. The van der Waals surface area contributed by atoms with Crippen molar-refractivity contribution >= 4 is 46.1 Å². The number of fused-ring (bicyclic) bond motifs is 1. The highest BCUT2D eigenvalue weighted by Gasteiger charge is 2.33. The van der Waals surface area contributed by atoms with Crippen molar-refractivity contribution in [2.24, 2.45) is 0 Å². The Balaban J connectivity index is 1.73. The Hall–Kier alpha value is -3.25. The first-order valence-corrected chi connectivity index (χ1v) is 10.00. The van der Waals surface area contributed by atoms with E-state index in [1.54, 1.807) is 6.08 Å². The largest absolute Gasteiger partial charge is 0.347 e. The number of benzene rings is 2. The highest BCUT2D eigenvalue weighted by atomic mass is 32.1. The summed E-state index contributed by atoms with van der Waals surface area (Å²) in [7, 11) is 0. The Bertz CT molecular complexity index is 1130. The molecule has 0 radical (unpaired) electrons. The number of carbonyl (C=O) groups excluding carboxylic acids is 2. The molecule has 1 fully saturated rings. The molecule has 6 heteroatoms. The Labute approximate surface area is 174 Å². The average Bonchev–Trinajstić information content (AvgIpc) is 3.07. The predicted octanol–water partition coefficient (Wildman–Crippen LogP) is 3.88. The average molecular weight is 404 g/mol. The zero-order valence-corrected chi connectivity index (χ0v) is 16.9. The predicted molar refractivity (Wildman–Crippen MR) is 118 cm³/mol. The molecule has 29 heavy (non-hydrogen) atoms. The van der Waals surface area contributed by atoms with E-state index in [4.69, 9.17) is 12.2 Å². The fourth-order valence-electron chi connectivity index (χ4n) is 3.58. The number of aromatic nitrogens is 1. The molecule has 1 aliphatic heterocycles. The number of hydrogen-bond acceptors (Lipinski definition) is 3. The summed E-state index contributed by atoms with van der Waals surface area (Å²) in [4.78, 5) is 27.1. The third kappa shape index (κ3) is 3.71. The second kappa shape index (κ2) is 8.01. The van der Waals surface area contributed by atoms with Crippen molar-refractivity contribution in [1.82, 2.24) is 14.8 Å². The molecule has 2 aromatic carbocycles. The third-order valence-electron chi connectivity index (χ3n) is 4.95. The van der Waals surface area contributed by atoms with Crippen molar-refractivity contribution in [1.29, 1.82) is 0 Å².